The lowest BCUT2D eigenvalue weighted by Crippen LogP contribution is -2.69. The van der Waals surface area contributed by atoms with E-state index in [1.165, 1.54) is 24.4 Å². The summed E-state index contributed by atoms with van der Waals surface area (Å²) in [5, 5.41) is 11.7. The van der Waals surface area contributed by atoms with Crippen LogP contribution >= 0.6 is 15.9 Å². The number of piperidine rings is 1. The fourth-order valence-electron chi connectivity index (χ4n) is 2.78. The van der Waals surface area contributed by atoms with Crippen LogP contribution in [-0.4, -0.2) is 35.5 Å². The predicted molar refractivity (Wildman–Crippen MR) is 80.8 cm³/mol. The number of hydrogen-bond acceptors (Lipinski definition) is 4. The van der Waals surface area contributed by atoms with Crippen molar-refractivity contribution in [2.45, 2.75) is 31.2 Å². The minimum Gasteiger partial charge on any atom is -0.466 e. The van der Waals surface area contributed by atoms with Gasteiger partial charge < -0.3 is 15.2 Å². The number of amides is 1. The van der Waals surface area contributed by atoms with Crippen molar-refractivity contribution in [1.29, 1.82) is 0 Å². The lowest BCUT2D eigenvalue weighted by molar-refractivity contribution is -0.296. The number of nitrogens with one attached hydrogen (secondary N) is 1. The van der Waals surface area contributed by atoms with Gasteiger partial charge in [0.15, 0.2) is 0 Å². The van der Waals surface area contributed by atoms with Gasteiger partial charge in [0.05, 0.1) is 6.61 Å². The summed E-state index contributed by atoms with van der Waals surface area (Å²) in [6, 6.07) is 6.15. The van der Waals surface area contributed by atoms with E-state index in [0.717, 1.165) is 0 Å². The Morgan fingerprint density at radius 1 is 1.42 bits per heavy atom. The van der Waals surface area contributed by atoms with Gasteiger partial charge in [-0.1, -0.05) is 28.1 Å². The maximum absolute atomic E-state index is 13.4. The van der Waals surface area contributed by atoms with E-state index in [4.69, 9.17) is 4.74 Å². The molecular formula is C15H15BrF3NO4. The van der Waals surface area contributed by atoms with E-state index in [-0.39, 0.29) is 13.0 Å². The first-order valence-electron chi connectivity index (χ1n) is 7.12. The Labute approximate surface area is 144 Å². The van der Waals surface area contributed by atoms with Gasteiger partial charge in [-0.05, 0) is 24.6 Å². The maximum Gasteiger partial charge on any atom is 0.437 e. The normalized spacial score (nSPS) is 27.5. The molecule has 1 amide bonds. The summed E-state index contributed by atoms with van der Waals surface area (Å²) in [4.78, 5) is 23.9. The molecule has 0 aromatic heterocycles. The summed E-state index contributed by atoms with van der Waals surface area (Å²) in [6.45, 7) is 1.30. The fourth-order valence-corrected chi connectivity index (χ4v) is 3.05. The smallest absolute Gasteiger partial charge is 0.437 e. The van der Waals surface area contributed by atoms with E-state index < -0.39 is 35.6 Å². The Bertz CT molecular complexity index is 635. The van der Waals surface area contributed by atoms with Crippen LogP contribution in [0.2, 0.25) is 0 Å². The van der Waals surface area contributed by atoms with Crippen LogP contribution in [0.4, 0.5) is 13.2 Å². The van der Waals surface area contributed by atoms with Gasteiger partial charge in [-0.2, -0.15) is 13.2 Å². The first-order chi connectivity index (χ1) is 11.1. The Morgan fingerprint density at radius 3 is 2.50 bits per heavy atom. The molecule has 1 aromatic rings. The predicted octanol–water partition coefficient (Wildman–Crippen LogP) is 2.48. The molecule has 2 N–H and O–H groups in total. The van der Waals surface area contributed by atoms with Crippen molar-refractivity contribution in [3.8, 4) is 0 Å². The zero-order chi connectivity index (χ0) is 18.1. The van der Waals surface area contributed by atoms with Gasteiger partial charge in [-0.15, -0.1) is 0 Å². The molecule has 1 heterocycles. The van der Waals surface area contributed by atoms with E-state index in [2.05, 4.69) is 15.9 Å². The highest BCUT2D eigenvalue weighted by molar-refractivity contribution is 9.10. The number of carbonyl (C=O) groups excluding carboxylic acids is 2. The van der Waals surface area contributed by atoms with Crippen molar-refractivity contribution in [3.63, 3.8) is 0 Å². The second-order valence-electron chi connectivity index (χ2n) is 5.40. The highest BCUT2D eigenvalue weighted by Crippen LogP contribution is 2.46. The van der Waals surface area contributed by atoms with Gasteiger partial charge in [-0.25, -0.2) is 0 Å². The molecule has 9 heteroatoms. The second kappa shape index (κ2) is 6.72. The molecule has 1 aromatic carbocycles. The van der Waals surface area contributed by atoms with Crippen LogP contribution in [-0.2, 0) is 14.3 Å². The van der Waals surface area contributed by atoms with Crippen molar-refractivity contribution >= 4 is 27.8 Å². The molecule has 0 aliphatic carbocycles. The minimum atomic E-state index is -5.24. The van der Waals surface area contributed by atoms with Gasteiger partial charge in [-0.3, -0.25) is 9.59 Å². The Morgan fingerprint density at radius 2 is 2.00 bits per heavy atom. The van der Waals surface area contributed by atoms with Gasteiger partial charge in [0.2, 0.25) is 11.6 Å². The van der Waals surface area contributed by atoms with E-state index >= 15 is 0 Å². The fraction of sp³-hybridized carbons (Fsp3) is 0.467. The van der Waals surface area contributed by atoms with Gasteiger partial charge >= 0.3 is 12.1 Å². The van der Waals surface area contributed by atoms with Gasteiger partial charge in [0.25, 0.3) is 0 Å². The number of benzene rings is 1. The number of aliphatic hydroxyl groups is 1. The van der Waals surface area contributed by atoms with E-state index in [1.54, 1.807) is 12.1 Å². The molecule has 0 spiro atoms. The minimum absolute atomic E-state index is 0.149. The molecule has 1 saturated heterocycles. The summed E-state index contributed by atoms with van der Waals surface area (Å²) in [5.41, 5.74) is -3.36. The summed E-state index contributed by atoms with van der Waals surface area (Å²) in [7, 11) is 0. The highest BCUT2D eigenvalue weighted by atomic mass is 79.9. The molecule has 5 nitrogen and oxygen atoms in total. The summed E-state index contributed by atoms with van der Waals surface area (Å²) >= 11 is 3.20. The monoisotopic (exact) mass is 409 g/mol. The average Bonchev–Trinajstić information content (AvgIpc) is 2.46. The van der Waals surface area contributed by atoms with Gasteiger partial charge in [0.1, 0.15) is 5.92 Å². The second-order valence-corrected chi connectivity index (χ2v) is 6.32. The van der Waals surface area contributed by atoms with Crippen molar-refractivity contribution in [3.05, 3.63) is 34.3 Å². The molecule has 1 aliphatic rings. The largest absolute Gasteiger partial charge is 0.466 e. The van der Waals surface area contributed by atoms with Crippen molar-refractivity contribution in [1.82, 2.24) is 5.32 Å². The topological polar surface area (TPSA) is 75.6 Å². The van der Waals surface area contributed by atoms with E-state index in [1.807, 2.05) is 0 Å². The lowest BCUT2D eigenvalue weighted by atomic mass is 9.74. The Balaban J connectivity index is 2.55. The molecule has 0 radical (unpaired) electrons. The third-order valence-electron chi connectivity index (χ3n) is 3.86. The molecule has 2 rings (SSSR count). The highest BCUT2D eigenvalue weighted by Gasteiger charge is 2.66. The van der Waals surface area contributed by atoms with Crippen LogP contribution in [0.5, 0.6) is 0 Å². The lowest BCUT2D eigenvalue weighted by Gasteiger charge is -2.43. The summed E-state index contributed by atoms with van der Waals surface area (Å²) < 4.78 is 45.7. The standard InChI is InChI=1S/C15H15BrF3NO4/c1-2-24-13(22)12-10(8-3-5-9(16)6-4-8)7-11(21)20-14(12,23)15(17,18)19/h3-6,10,12,23H,2,7H2,1H3,(H,20,21). The number of hydrogen-bond donors (Lipinski definition) is 2. The quantitative estimate of drug-likeness (QED) is 0.752. The maximum atomic E-state index is 13.4. The summed E-state index contributed by atoms with van der Waals surface area (Å²) in [5.74, 6) is -5.39. The van der Waals surface area contributed by atoms with Crippen molar-refractivity contribution in [2.24, 2.45) is 5.92 Å². The molecule has 3 unspecified atom stereocenters. The van der Waals surface area contributed by atoms with Crippen LogP contribution in [0.3, 0.4) is 0 Å². The number of alkyl halides is 3. The summed E-state index contributed by atoms with van der Waals surface area (Å²) in [6.07, 6.45) is -5.61. The van der Waals surface area contributed by atoms with E-state index in [9.17, 15) is 27.9 Å². The van der Waals surface area contributed by atoms with Crippen LogP contribution < -0.4 is 5.32 Å². The van der Waals surface area contributed by atoms with Crippen LogP contribution in [0.15, 0.2) is 28.7 Å². The van der Waals surface area contributed by atoms with E-state index in [0.29, 0.717) is 10.0 Å². The van der Waals surface area contributed by atoms with Crippen LogP contribution in [0, 0.1) is 5.92 Å². The van der Waals surface area contributed by atoms with Crippen molar-refractivity contribution in [2.75, 3.05) is 6.61 Å². The zero-order valence-electron chi connectivity index (χ0n) is 12.6. The molecular weight excluding hydrogens is 395 g/mol. The van der Waals surface area contributed by atoms with Crippen LogP contribution in [0.25, 0.3) is 0 Å². The third kappa shape index (κ3) is 3.41. The first kappa shape index (κ1) is 18.7. The number of ether oxygens (including phenoxy) is 1. The number of carbonyl (C=O) groups is 2. The van der Waals surface area contributed by atoms with Gasteiger partial charge in [0, 0.05) is 16.8 Å². The Hall–Kier alpha value is -1.61. The molecule has 1 fully saturated rings. The Kier molecular flexibility index (Phi) is 5.24. The third-order valence-corrected chi connectivity index (χ3v) is 4.39. The average molecular weight is 410 g/mol. The van der Waals surface area contributed by atoms with Crippen LogP contribution in [0.1, 0.15) is 24.8 Å². The number of rotatable bonds is 3. The molecule has 132 valence electrons. The molecule has 3 atom stereocenters. The molecule has 1 aliphatic heterocycles. The molecule has 0 saturated carbocycles. The van der Waals surface area contributed by atoms with Crippen molar-refractivity contribution < 1.29 is 32.6 Å². The first-order valence-corrected chi connectivity index (χ1v) is 7.91. The molecule has 24 heavy (non-hydrogen) atoms. The SMILES string of the molecule is CCOC(=O)C1C(c2ccc(Br)cc2)CC(=O)NC1(O)C(F)(F)F. The molecule has 0 bridgehead atoms. The zero-order valence-corrected chi connectivity index (χ0v) is 14.1. The number of halogens is 4. The number of esters is 1.